The largest absolute Gasteiger partial charge is 0.329 e. The number of rotatable bonds is 7. The zero-order valence-electron chi connectivity index (χ0n) is 19.5. The van der Waals surface area contributed by atoms with Gasteiger partial charge >= 0.3 is 6.03 Å². The van der Waals surface area contributed by atoms with E-state index < -0.39 is 5.54 Å². The number of imide groups is 1. The van der Waals surface area contributed by atoms with Gasteiger partial charge in [-0.05, 0) is 50.1 Å². The summed E-state index contributed by atoms with van der Waals surface area (Å²) < 4.78 is 1.58. The van der Waals surface area contributed by atoms with Gasteiger partial charge in [-0.25, -0.2) is 4.79 Å². The molecule has 1 aliphatic heterocycles. The third-order valence-electron chi connectivity index (χ3n) is 5.83. The summed E-state index contributed by atoms with van der Waals surface area (Å²) in [7, 11) is 0. The van der Waals surface area contributed by atoms with E-state index in [4.69, 9.17) is 0 Å². The Morgan fingerprint density at radius 1 is 1.03 bits per heavy atom. The molecule has 174 valence electrons. The Balaban J connectivity index is 1.34. The normalized spacial score (nSPS) is 13.1. The standard InChI is InChI=1S/C26H27N5O3/c1-17(2)18-8-7-9-19(14-18)26(3,4)29-25(34)28-20-15-27-30(16-20)12-13-31-23(32)21-10-5-6-11-22(21)24(31)33/h5-11,14-16H,1,12-13H2,2-4H3,(H2,28,29,34). The van der Waals surface area contributed by atoms with Gasteiger partial charge in [-0.3, -0.25) is 19.2 Å². The summed E-state index contributed by atoms with van der Waals surface area (Å²) in [5.74, 6) is -0.605. The van der Waals surface area contributed by atoms with E-state index in [0.717, 1.165) is 16.7 Å². The number of aromatic nitrogens is 2. The average molecular weight is 458 g/mol. The fourth-order valence-electron chi connectivity index (χ4n) is 3.89. The first kappa shape index (κ1) is 23.0. The number of nitrogens with zero attached hydrogens (tertiary/aromatic N) is 3. The number of hydrogen-bond acceptors (Lipinski definition) is 4. The van der Waals surface area contributed by atoms with Crippen LogP contribution in [0.15, 0.2) is 67.5 Å². The fourth-order valence-corrected chi connectivity index (χ4v) is 3.89. The van der Waals surface area contributed by atoms with Crippen molar-refractivity contribution in [3.8, 4) is 0 Å². The Morgan fingerprint density at radius 2 is 1.71 bits per heavy atom. The second-order valence-electron chi connectivity index (χ2n) is 8.86. The van der Waals surface area contributed by atoms with Crippen LogP contribution in [0.25, 0.3) is 5.57 Å². The van der Waals surface area contributed by atoms with Crippen molar-refractivity contribution in [2.24, 2.45) is 0 Å². The molecule has 0 unspecified atom stereocenters. The van der Waals surface area contributed by atoms with E-state index in [1.54, 1.807) is 35.1 Å². The van der Waals surface area contributed by atoms with Gasteiger partial charge in [0.15, 0.2) is 0 Å². The van der Waals surface area contributed by atoms with Crippen molar-refractivity contribution in [3.63, 3.8) is 0 Å². The second-order valence-corrected chi connectivity index (χ2v) is 8.86. The second kappa shape index (κ2) is 8.97. The lowest BCUT2D eigenvalue weighted by molar-refractivity contribution is 0.0647. The molecule has 0 spiro atoms. The van der Waals surface area contributed by atoms with Crippen LogP contribution in [0.3, 0.4) is 0 Å². The summed E-state index contributed by atoms with van der Waals surface area (Å²) >= 11 is 0. The van der Waals surface area contributed by atoms with Crippen molar-refractivity contribution in [3.05, 3.63) is 89.8 Å². The molecule has 8 heteroatoms. The van der Waals surface area contributed by atoms with E-state index in [2.05, 4.69) is 22.3 Å². The SMILES string of the molecule is C=C(C)c1cccc(C(C)(C)NC(=O)Nc2cnn(CCN3C(=O)c4ccccc4C3=O)c2)c1. The molecule has 0 saturated carbocycles. The molecule has 0 atom stereocenters. The Kier molecular flexibility index (Phi) is 6.06. The van der Waals surface area contributed by atoms with E-state index in [0.29, 0.717) is 23.4 Å². The highest BCUT2D eigenvalue weighted by Gasteiger charge is 2.34. The monoisotopic (exact) mass is 457 g/mol. The van der Waals surface area contributed by atoms with Crippen LogP contribution in [0.5, 0.6) is 0 Å². The van der Waals surface area contributed by atoms with E-state index >= 15 is 0 Å². The van der Waals surface area contributed by atoms with E-state index in [-0.39, 0.29) is 24.4 Å². The van der Waals surface area contributed by atoms with Crippen molar-refractivity contribution in [1.82, 2.24) is 20.0 Å². The van der Waals surface area contributed by atoms with Gasteiger partial charge in [-0.15, -0.1) is 0 Å². The maximum Gasteiger partial charge on any atom is 0.320 e. The maximum absolute atomic E-state index is 12.6. The number of hydrogen-bond donors (Lipinski definition) is 2. The summed E-state index contributed by atoms with van der Waals surface area (Å²) in [5.41, 5.74) is 3.66. The molecule has 0 saturated heterocycles. The van der Waals surface area contributed by atoms with Crippen molar-refractivity contribution < 1.29 is 14.4 Å². The van der Waals surface area contributed by atoms with Crippen molar-refractivity contribution in [2.75, 3.05) is 11.9 Å². The van der Waals surface area contributed by atoms with Crippen LogP contribution in [0.4, 0.5) is 10.5 Å². The predicted molar refractivity (Wildman–Crippen MR) is 130 cm³/mol. The molecule has 8 nitrogen and oxygen atoms in total. The summed E-state index contributed by atoms with van der Waals surface area (Å²) in [6, 6.07) is 14.3. The van der Waals surface area contributed by atoms with Gasteiger partial charge in [0.2, 0.25) is 0 Å². The molecule has 1 aliphatic rings. The smallest absolute Gasteiger partial charge is 0.320 e. The van der Waals surface area contributed by atoms with Crippen LogP contribution in [0.2, 0.25) is 0 Å². The highest BCUT2D eigenvalue weighted by atomic mass is 16.2. The molecule has 4 amide bonds. The quantitative estimate of drug-likeness (QED) is 0.518. The molecule has 0 radical (unpaired) electrons. The molecular weight excluding hydrogens is 430 g/mol. The Hall–Kier alpha value is -4.20. The number of fused-ring (bicyclic) bond motifs is 1. The van der Waals surface area contributed by atoms with Gasteiger partial charge in [-0.1, -0.05) is 42.5 Å². The average Bonchev–Trinajstić information content (AvgIpc) is 3.34. The molecule has 0 bridgehead atoms. The molecule has 4 rings (SSSR count). The number of carbonyl (C=O) groups is 3. The number of nitrogens with one attached hydrogen (secondary N) is 2. The molecule has 2 aromatic carbocycles. The van der Waals surface area contributed by atoms with Crippen molar-refractivity contribution in [1.29, 1.82) is 0 Å². The zero-order valence-corrected chi connectivity index (χ0v) is 19.5. The van der Waals surface area contributed by atoms with Crippen LogP contribution in [-0.4, -0.2) is 39.1 Å². The third kappa shape index (κ3) is 4.61. The summed E-state index contributed by atoms with van der Waals surface area (Å²) in [5, 5.41) is 10.00. The van der Waals surface area contributed by atoms with Gasteiger partial charge < -0.3 is 10.6 Å². The number of benzene rings is 2. The fraction of sp³-hybridized carbons (Fsp3) is 0.231. The Morgan fingerprint density at radius 3 is 2.35 bits per heavy atom. The van der Waals surface area contributed by atoms with Gasteiger partial charge in [0.1, 0.15) is 0 Å². The summed E-state index contributed by atoms with van der Waals surface area (Å²) in [6.07, 6.45) is 3.18. The number of carbonyl (C=O) groups excluding carboxylic acids is 3. The third-order valence-corrected chi connectivity index (χ3v) is 5.83. The molecule has 0 fully saturated rings. The Labute approximate surface area is 198 Å². The minimum absolute atomic E-state index is 0.186. The first-order chi connectivity index (χ1) is 16.2. The Bertz CT molecular complexity index is 1260. The topological polar surface area (TPSA) is 96.3 Å². The minimum atomic E-state index is -0.614. The van der Waals surface area contributed by atoms with Crippen LogP contribution >= 0.6 is 0 Å². The number of amides is 4. The first-order valence-corrected chi connectivity index (χ1v) is 11.0. The molecule has 3 aromatic rings. The predicted octanol–water partition coefficient (Wildman–Crippen LogP) is 4.27. The molecule has 1 aromatic heterocycles. The van der Waals surface area contributed by atoms with Crippen molar-refractivity contribution in [2.45, 2.75) is 32.9 Å². The van der Waals surface area contributed by atoms with E-state index in [1.165, 1.54) is 11.1 Å². The van der Waals surface area contributed by atoms with E-state index in [9.17, 15) is 14.4 Å². The molecular formula is C26H27N5O3. The summed E-state index contributed by atoms with van der Waals surface area (Å²) in [4.78, 5) is 38.8. The van der Waals surface area contributed by atoms with Crippen LogP contribution < -0.4 is 10.6 Å². The highest BCUT2D eigenvalue weighted by Crippen LogP contribution is 2.24. The van der Waals surface area contributed by atoms with Crippen LogP contribution in [0.1, 0.15) is 52.6 Å². The minimum Gasteiger partial charge on any atom is -0.329 e. The first-order valence-electron chi connectivity index (χ1n) is 11.0. The van der Waals surface area contributed by atoms with Crippen LogP contribution in [-0.2, 0) is 12.1 Å². The molecule has 34 heavy (non-hydrogen) atoms. The van der Waals surface area contributed by atoms with E-state index in [1.807, 2.05) is 45.0 Å². The highest BCUT2D eigenvalue weighted by molar-refractivity contribution is 6.21. The lowest BCUT2D eigenvalue weighted by Gasteiger charge is -2.27. The van der Waals surface area contributed by atoms with Gasteiger partial charge in [0, 0.05) is 12.7 Å². The van der Waals surface area contributed by atoms with Gasteiger partial charge in [0.05, 0.1) is 35.1 Å². The lowest BCUT2D eigenvalue weighted by Crippen LogP contribution is -2.43. The molecule has 2 N–H and O–H groups in total. The summed E-state index contributed by atoms with van der Waals surface area (Å²) in [6.45, 7) is 10.3. The molecule has 2 heterocycles. The number of anilines is 1. The van der Waals surface area contributed by atoms with Crippen LogP contribution in [0, 0.1) is 0 Å². The lowest BCUT2D eigenvalue weighted by atomic mass is 9.92. The number of allylic oxidation sites excluding steroid dienone is 1. The van der Waals surface area contributed by atoms with Gasteiger partial charge in [-0.2, -0.15) is 5.10 Å². The number of urea groups is 1. The van der Waals surface area contributed by atoms with Crippen molar-refractivity contribution >= 4 is 29.1 Å². The zero-order chi connectivity index (χ0) is 24.5. The van der Waals surface area contributed by atoms with Gasteiger partial charge in [0.25, 0.3) is 11.8 Å². The maximum atomic E-state index is 12.6. The molecule has 0 aliphatic carbocycles.